The number of aliphatic hydroxyl groups excluding tert-OH is 19. The molecule has 7 aliphatic rings. The standard InChI is InChI=1S/C52H87N5O38/c1-12(64)54-24-31(72)40(19(8-61)84-45(24)57-15(46(81)82)4-23(53)67)91-47-25(55-13(2)65)32(73)42(21(10-63)88-47)93-51-39(80)43(30(71)22(90-51)11-83-49-37(78)34(75)27(68)16(5-58)85-49)94-52-44(36(77)29(70)18(7-60)87-52)95-48-26(56-14(3)66)33(74)41(20(9-62)89-48)92-50-38(79)35(76)28(69)17(6-59)86-50/h15-22,24-45,47-52,57-63,68-80H,4-11H2,1-3H3,(H2,53,67)(H,54,64)(H,55,65)(H,56,66)(H,81,82)/t15-,16+,17+,18+,19+,20+,21+,22+,24+,25+,26+,27+,28-,29+,30+,31+,32+,33+,34-,35-,36-,37-,38+,39-,40+,41+,42+,43-,44-,45+,47-,48-,49-,50-,51-,52+/m0/s1. The summed E-state index contributed by atoms with van der Waals surface area (Å²) < 4.78 is 76.3. The number of carboxylic acid groups (broad SMARTS) is 1. The molecule has 0 unspecified atom stereocenters. The zero-order chi connectivity index (χ0) is 70.3. The van der Waals surface area contributed by atoms with Gasteiger partial charge in [-0.15, -0.1) is 0 Å². The van der Waals surface area contributed by atoms with Gasteiger partial charge in [0.25, 0.3) is 0 Å². The molecule has 0 saturated carbocycles. The summed E-state index contributed by atoms with van der Waals surface area (Å²) in [5.74, 6) is -5.39. The van der Waals surface area contributed by atoms with E-state index in [-0.39, 0.29) is 0 Å². The molecule has 0 spiro atoms. The second-order valence-corrected chi connectivity index (χ2v) is 23.6. The van der Waals surface area contributed by atoms with E-state index in [1.54, 1.807) is 0 Å². The topological polar surface area (TPSA) is 684 Å². The van der Waals surface area contributed by atoms with Crippen LogP contribution in [0.4, 0.5) is 0 Å². The fourth-order valence-corrected chi connectivity index (χ4v) is 11.9. The van der Waals surface area contributed by atoms with E-state index in [2.05, 4.69) is 21.3 Å². The zero-order valence-electron chi connectivity index (χ0n) is 50.8. The van der Waals surface area contributed by atoms with Crippen molar-refractivity contribution in [1.82, 2.24) is 21.3 Å². The summed E-state index contributed by atoms with van der Waals surface area (Å²) in [6.07, 6.45) is -65.5. The van der Waals surface area contributed by atoms with E-state index in [9.17, 15) is 126 Å². The quantitative estimate of drug-likeness (QED) is 0.0363. The van der Waals surface area contributed by atoms with E-state index in [4.69, 9.17) is 67.3 Å². The maximum Gasteiger partial charge on any atom is 0.321 e. The Balaban J connectivity index is 1.20. The van der Waals surface area contributed by atoms with Gasteiger partial charge in [0.05, 0.1) is 58.7 Å². The molecule has 0 radical (unpaired) electrons. The van der Waals surface area contributed by atoms with E-state index in [1.165, 1.54) is 0 Å². The van der Waals surface area contributed by atoms with Gasteiger partial charge in [0, 0.05) is 20.8 Å². The number of carbonyl (C=O) groups is 5. The molecule has 26 N–H and O–H groups in total. The fraction of sp³-hybridized carbons (Fsp3) is 0.904. The Kier molecular flexibility index (Phi) is 28.4. The van der Waals surface area contributed by atoms with E-state index in [0.29, 0.717) is 0 Å². The average molecular weight is 1390 g/mol. The summed E-state index contributed by atoms with van der Waals surface area (Å²) in [6, 6.07) is -7.25. The molecule has 0 aliphatic carbocycles. The van der Waals surface area contributed by atoms with Gasteiger partial charge in [-0.3, -0.25) is 29.3 Å². The highest BCUT2D eigenvalue weighted by Crippen LogP contribution is 2.38. The first kappa shape index (κ1) is 78.4. The molecule has 0 bridgehead atoms. The molecule has 7 heterocycles. The first-order chi connectivity index (χ1) is 44.8. The van der Waals surface area contributed by atoms with Crippen molar-refractivity contribution in [1.29, 1.82) is 0 Å². The third kappa shape index (κ3) is 18.0. The van der Waals surface area contributed by atoms with Crippen LogP contribution in [0.15, 0.2) is 0 Å². The van der Waals surface area contributed by atoms with Crippen LogP contribution in [0.1, 0.15) is 27.2 Å². The van der Waals surface area contributed by atoms with E-state index < -0.39 is 303 Å². The average Bonchev–Trinajstić information content (AvgIpc) is 0.784. The predicted molar refractivity (Wildman–Crippen MR) is 293 cm³/mol. The maximum atomic E-state index is 12.9. The number of hydrogen-bond donors (Lipinski definition) is 25. The molecular weight excluding hydrogens is 1300 g/mol. The second kappa shape index (κ2) is 34.4. The maximum absolute atomic E-state index is 12.9. The van der Waals surface area contributed by atoms with E-state index >= 15 is 0 Å². The molecule has 0 aromatic rings. The number of aliphatic carboxylic acids is 1. The molecule has 43 heteroatoms. The van der Waals surface area contributed by atoms with Crippen molar-refractivity contribution in [3.05, 3.63) is 0 Å². The van der Waals surface area contributed by atoms with Gasteiger partial charge in [0.2, 0.25) is 23.6 Å². The third-order valence-corrected chi connectivity index (χ3v) is 16.8. The molecule has 7 aliphatic heterocycles. The van der Waals surface area contributed by atoms with Gasteiger partial charge in [0.15, 0.2) is 37.7 Å². The Morgan fingerprint density at radius 3 is 1.16 bits per heavy atom. The number of nitrogens with two attached hydrogens (primary N) is 1. The van der Waals surface area contributed by atoms with Crippen LogP contribution in [0.5, 0.6) is 0 Å². The molecule has 4 amide bonds. The summed E-state index contributed by atoms with van der Waals surface area (Å²) in [5.41, 5.74) is 5.22. The molecule has 7 fully saturated rings. The van der Waals surface area contributed by atoms with Crippen molar-refractivity contribution in [2.24, 2.45) is 5.73 Å². The third-order valence-electron chi connectivity index (χ3n) is 16.8. The van der Waals surface area contributed by atoms with Crippen LogP contribution in [0.25, 0.3) is 0 Å². The highest BCUT2D eigenvalue weighted by Gasteiger charge is 2.59. The Morgan fingerprint density at radius 1 is 0.368 bits per heavy atom. The minimum atomic E-state index is -2.47. The van der Waals surface area contributed by atoms with Crippen LogP contribution < -0.4 is 27.0 Å². The normalized spacial score (nSPS) is 46.1. The monoisotopic (exact) mass is 1390 g/mol. The first-order valence-electron chi connectivity index (χ1n) is 29.9. The number of amides is 4. The van der Waals surface area contributed by atoms with Crippen molar-refractivity contribution >= 4 is 29.6 Å². The lowest BCUT2D eigenvalue weighted by molar-refractivity contribution is -0.397. The lowest BCUT2D eigenvalue weighted by Crippen LogP contribution is -2.72. The van der Waals surface area contributed by atoms with E-state index in [1.807, 2.05) is 0 Å². The van der Waals surface area contributed by atoms with Crippen LogP contribution in [0.3, 0.4) is 0 Å². The number of carboxylic acids is 1. The summed E-state index contributed by atoms with van der Waals surface area (Å²) in [5, 5.41) is 228. The number of carbonyl (C=O) groups excluding carboxylic acids is 4. The van der Waals surface area contributed by atoms with Gasteiger partial charge < -0.3 is 185 Å². The van der Waals surface area contributed by atoms with Gasteiger partial charge in [-0.25, -0.2) is 0 Å². The van der Waals surface area contributed by atoms with Gasteiger partial charge in [-0.2, -0.15) is 0 Å². The molecule has 43 nitrogen and oxygen atoms in total. The number of aliphatic hydroxyl groups is 19. The largest absolute Gasteiger partial charge is 0.480 e. The van der Waals surface area contributed by atoms with Crippen molar-refractivity contribution in [2.45, 2.75) is 248 Å². The van der Waals surface area contributed by atoms with Crippen LogP contribution in [-0.2, 0) is 85.6 Å². The Morgan fingerprint density at radius 2 is 0.716 bits per heavy atom. The lowest BCUT2D eigenvalue weighted by Gasteiger charge is -2.51. The zero-order valence-corrected chi connectivity index (χ0v) is 50.8. The SMILES string of the molecule is CC(=O)N[C@@H]1[C@@H](O)[C@H](O[C@@H]2O[C@H](CO)[C@@H](O[C@@H]3O[C@H](CO[C@H]4O[C@H](CO)[C@@H](O)[C@H](O)[C@@H]4O)[C@@H](O)[C@H](O[C@H]4O[C@H](CO)[C@@H](O)[C@H](O)[C@@H]4O[C@@H]4O[C@H](CO)[C@@H](O[C@@H]5O[C@H](CO)[C@H](O)[C@H](O)[C@H]5O)[C@H](O)[C@H]4NC(C)=O)[C@@H]3O)[C@H](O)[C@H]2NC(C)=O)[C@@H](CO)O[C@H]1N[C@@H](CC(N)=O)C(=O)O. The van der Waals surface area contributed by atoms with Crippen LogP contribution in [-0.4, -0.2) is 399 Å². The Bertz CT molecular complexity index is 2490. The van der Waals surface area contributed by atoms with E-state index in [0.717, 1.165) is 20.8 Å². The molecule has 36 atom stereocenters. The molecular formula is C52H87N5O38. The number of ether oxygens (including phenoxy) is 13. The summed E-state index contributed by atoms with van der Waals surface area (Å²) in [4.78, 5) is 62.0. The molecule has 548 valence electrons. The minimum absolute atomic E-state index is 0.821. The molecule has 7 saturated heterocycles. The first-order valence-corrected chi connectivity index (χ1v) is 29.9. The fourth-order valence-electron chi connectivity index (χ4n) is 11.9. The van der Waals surface area contributed by atoms with Gasteiger partial charge in [-0.1, -0.05) is 0 Å². The number of nitrogens with one attached hydrogen (secondary N) is 4. The van der Waals surface area contributed by atoms with Crippen LogP contribution in [0.2, 0.25) is 0 Å². The smallest absolute Gasteiger partial charge is 0.321 e. The molecule has 7 rings (SSSR count). The van der Waals surface area contributed by atoms with Gasteiger partial charge in [-0.05, 0) is 0 Å². The number of hydrogen-bond acceptors (Lipinski definition) is 38. The molecule has 0 aromatic carbocycles. The van der Waals surface area contributed by atoms with Crippen molar-refractivity contribution in [2.75, 3.05) is 46.2 Å². The summed E-state index contributed by atoms with van der Waals surface area (Å²) >= 11 is 0. The summed E-state index contributed by atoms with van der Waals surface area (Å²) in [6.45, 7) is -4.42. The van der Waals surface area contributed by atoms with Crippen molar-refractivity contribution in [3.63, 3.8) is 0 Å². The Labute approximate surface area is 537 Å². The highest BCUT2D eigenvalue weighted by molar-refractivity contribution is 5.83. The van der Waals surface area contributed by atoms with Gasteiger partial charge in [0.1, 0.15) is 177 Å². The van der Waals surface area contributed by atoms with Crippen LogP contribution >= 0.6 is 0 Å². The summed E-state index contributed by atoms with van der Waals surface area (Å²) in [7, 11) is 0. The highest BCUT2D eigenvalue weighted by atomic mass is 16.8. The second-order valence-electron chi connectivity index (χ2n) is 23.6. The Hall–Kier alpha value is -3.97. The van der Waals surface area contributed by atoms with Gasteiger partial charge >= 0.3 is 5.97 Å². The predicted octanol–water partition coefficient (Wildman–Crippen LogP) is -16.9. The molecule has 95 heavy (non-hydrogen) atoms. The van der Waals surface area contributed by atoms with Crippen molar-refractivity contribution < 1.29 is 188 Å². The van der Waals surface area contributed by atoms with Crippen molar-refractivity contribution in [3.8, 4) is 0 Å². The number of rotatable bonds is 27. The number of primary amides is 1. The lowest BCUT2D eigenvalue weighted by atomic mass is 9.93. The molecule has 0 aromatic heterocycles. The van der Waals surface area contributed by atoms with Crippen LogP contribution in [0, 0.1) is 0 Å². The minimum Gasteiger partial charge on any atom is -0.480 e.